The number of thioether (sulfide) groups is 1. The fourth-order valence-electron chi connectivity index (χ4n) is 3.03. The molecule has 0 amide bonds. The first kappa shape index (κ1) is 12.8. The van der Waals surface area contributed by atoms with E-state index in [2.05, 4.69) is 10.4 Å². The number of morpholine rings is 1. The van der Waals surface area contributed by atoms with Crippen LogP contribution in [0.1, 0.15) is 32.1 Å². The molecule has 0 aromatic heterocycles. The third-order valence-electron chi connectivity index (χ3n) is 4.25. The van der Waals surface area contributed by atoms with Crippen LogP contribution >= 0.6 is 11.8 Å². The van der Waals surface area contributed by atoms with E-state index in [1.165, 1.54) is 37.9 Å². The van der Waals surface area contributed by atoms with Crippen molar-refractivity contribution in [1.82, 2.24) is 10.4 Å². The Bertz CT molecular complexity index is 309. The van der Waals surface area contributed by atoms with Crippen molar-refractivity contribution in [3.8, 4) is 0 Å². The molecule has 1 N–H and O–H groups in total. The number of aliphatic imine (C=N–C) groups is 1. The van der Waals surface area contributed by atoms with Crippen LogP contribution in [0.25, 0.3) is 0 Å². The van der Waals surface area contributed by atoms with Crippen LogP contribution in [0, 0.1) is 5.41 Å². The van der Waals surface area contributed by atoms with Gasteiger partial charge in [-0.15, -0.1) is 0 Å². The first-order valence-corrected chi connectivity index (χ1v) is 8.12. The van der Waals surface area contributed by atoms with Crippen LogP contribution < -0.4 is 5.43 Å². The molecular formula is C13H23N3OS. The van der Waals surface area contributed by atoms with E-state index in [0.29, 0.717) is 5.41 Å². The van der Waals surface area contributed by atoms with Crippen LogP contribution in [-0.2, 0) is 4.74 Å². The zero-order valence-corrected chi connectivity index (χ0v) is 11.8. The van der Waals surface area contributed by atoms with Crippen molar-refractivity contribution in [2.75, 3.05) is 38.6 Å². The summed E-state index contributed by atoms with van der Waals surface area (Å²) in [7, 11) is 0. The molecule has 4 nitrogen and oxygen atoms in total. The van der Waals surface area contributed by atoms with Crippen molar-refractivity contribution in [2.24, 2.45) is 10.4 Å². The number of nitrogens with zero attached hydrogens (tertiary/aromatic N) is 2. The topological polar surface area (TPSA) is 36.9 Å². The van der Waals surface area contributed by atoms with Gasteiger partial charge in [0.05, 0.1) is 13.2 Å². The second kappa shape index (κ2) is 5.80. The monoisotopic (exact) mass is 269 g/mol. The van der Waals surface area contributed by atoms with E-state index in [4.69, 9.17) is 9.73 Å². The second-order valence-electron chi connectivity index (χ2n) is 5.68. The third-order valence-corrected chi connectivity index (χ3v) is 5.50. The van der Waals surface area contributed by atoms with Gasteiger partial charge in [-0.05, 0) is 18.3 Å². The largest absolute Gasteiger partial charge is 0.379 e. The summed E-state index contributed by atoms with van der Waals surface area (Å²) < 4.78 is 5.35. The molecule has 2 fully saturated rings. The average molecular weight is 269 g/mol. The fraction of sp³-hybridized carbons (Fsp3) is 0.923. The molecule has 0 aromatic rings. The Kier molecular flexibility index (Phi) is 4.11. The highest BCUT2D eigenvalue weighted by Gasteiger charge is 2.35. The average Bonchev–Trinajstić information content (AvgIpc) is 2.44. The molecule has 1 aliphatic carbocycles. The number of nitrogens with one attached hydrogen (secondary N) is 1. The zero-order chi connectivity index (χ0) is 12.3. The van der Waals surface area contributed by atoms with Gasteiger partial charge >= 0.3 is 0 Å². The van der Waals surface area contributed by atoms with Crippen LogP contribution in [0.15, 0.2) is 4.99 Å². The summed E-state index contributed by atoms with van der Waals surface area (Å²) in [5, 5.41) is 3.35. The normalized spacial score (nSPS) is 29.0. The first-order chi connectivity index (χ1) is 8.86. The van der Waals surface area contributed by atoms with Crippen LogP contribution in [0.4, 0.5) is 0 Å². The SMILES string of the molecule is C1CCC2(CC1)CN=C(NN1CCOCC1)SC2. The fourth-order valence-corrected chi connectivity index (χ4v) is 4.21. The van der Waals surface area contributed by atoms with E-state index in [1.54, 1.807) is 0 Å². The van der Waals surface area contributed by atoms with E-state index in [1.807, 2.05) is 11.8 Å². The number of hydrogen-bond acceptors (Lipinski definition) is 5. The van der Waals surface area contributed by atoms with Gasteiger partial charge in [-0.3, -0.25) is 10.4 Å². The molecule has 0 atom stereocenters. The van der Waals surface area contributed by atoms with Crippen molar-refractivity contribution in [3.05, 3.63) is 0 Å². The van der Waals surface area contributed by atoms with Crippen molar-refractivity contribution >= 4 is 16.9 Å². The maximum absolute atomic E-state index is 5.35. The van der Waals surface area contributed by atoms with Gasteiger partial charge in [0.1, 0.15) is 0 Å². The van der Waals surface area contributed by atoms with E-state index >= 15 is 0 Å². The number of amidine groups is 1. The summed E-state index contributed by atoms with van der Waals surface area (Å²) in [4.78, 5) is 4.79. The van der Waals surface area contributed by atoms with Gasteiger partial charge < -0.3 is 4.74 Å². The predicted molar refractivity (Wildman–Crippen MR) is 75.8 cm³/mol. The number of hydrazine groups is 1. The lowest BCUT2D eigenvalue weighted by molar-refractivity contribution is 0.0252. The van der Waals surface area contributed by atoms with Gasteiger partial charge in [-0.1, -0.05) is 31.0 Å². The molecule has 2 aliphatic heterocycles. The summed E-state index contributed by atoms with van der Waals surface area (Å²) in [5.41, 5.74) is 3.97. The summed E-state index contributed by atoms with van der Waals surface area (Å²) in [6, 6.07) is 0. The minimum atomic E-state index is 0.527. The Morgan fingerprint density at radius 3 is 2.61 bits per heavy atom. The molecule has 0 unspecified atom stereocenters. The highest BCUT2D eigenvalue weighted by atomic mass is 32.2. The molecule has 0 radical (unpaired) electrons. The molecular weight excluding hydrogens is 246 g/mol. The van der Waals surface area contributed by atoms with Crippen molar-refractivity contribution in [3.63, 3.8) is 0 Å². The Labute approximate surface area is 114 Å². The van der Waals surface area contributed by atoms with Gasteiger partial charge in [-0.25, -0.2) is 5.01 Å². The van der Waals surface area contributed by atoms with E-state index in [9.17, 15) is 0 Å². The van der Waals surface area contributed by atoms with Gasteiger partial charge in [0, 0.05) is 25.4 Å². The minimum absolute atomic E-state index is 0.527. The molecule has 0 bridgehead atoms. The Balaban J connectivity index is 1.52. The predicted octanol–water partition coefficient (Wildman–Crippen LogP) is 1.88. The molecule has 5 heteroatoms. The van der Waals surface area contributed by atoms with Crippen LogP contribution in [-0.4, -0.2) is 48.8 Å². The molecule has 1 spiro atoms. The Morgan fingerprint density at radius 2 is 1.94 bits per heavy atom. The summed E-state index contributed by atoms with van der Waals surface area (Å²) in [5.74, 6) is 1.25. The molecule has 1 saturated heterocycles. The highest BCUT2D eigenvalue weighted by Crippen LogP contribution is 2.41. The zero-order valence-electron chi connectivity index (χ0n) is 11.0. The maximum atomic E-state index is 5.35. The molecule has 3 rings (SSSR count). The molecule has 18 heavy (non-hydrogen) atoms. The van der Waals surface area contributed by atoms with Crippen LogP contribution in [0.3, 0.4) is 0 Å². The lowest BCUT2D eigenvalue weighted by Gasteiger charge is -2.39. The second-order valence-corrected chi connectivity index (χ2v) is 6.65. The number of hydrogen-bond donors (Lipinski definition) is 1. The summed E-state index contributed by atoms with van der Waals surface area (Å²) in [6.07, 6.45) is 7.00. The molecule has 2 heterocycles. The molecule has 0 aromatic carbocycles. The van der Waals surface area contributed by atoms with E-state index in [0.717, 1.165) is 38.0 Å². The summed E-state index contributed by atoms with van der Waals surface area (Å²) in [6.45, 7) is 4.62. The minimum Gasteiger partial charge on any atom is -0.379 e. The van der Waals surface area contributed by atoms with Crippen molar-refractivity contribution in [1.29, 1.82) is 0 Å². The Morgan fingerprint density at radius 1 is 1.17 bits per heavy atom. The van der Waals surface area contributed by atoms with Gasteiger partial charge in [0.2, 0.25) is 0 Å². The van der Waals surface area contributed by atoms with E-state index in [-0.39, 0.29) is 0 Å². The van der Waals surface area contributed by atoms with Crippen LogP contribution in [0.2, 0.25) is 0 Å². The maximum Gasteiger partial charge on any atom is 0.171 e. The molecule has 102 valence electrons. The lowest BCUT2D eigenvalue weighted by atomic mass is 9.75. The first-order valence-electron chi connectivity index (χ1n) is 7.13. The molecule has 3 aliphatic rings. The smallest absolute Gasteiger partial charge is 0.171 e. The summed E-state index contributed by atoms with van der Waals surface area (Å²) >= 11 is 1.92. The number of ether oxygens (including phenoxy) is 1. The number of rotatable bonds is 1. The third kappa shape index (κ3) is 3.00. The highest BCUT2D eigenvalue weighted by molar-refractivity contribution is 8.13. The van der Waals surface area contributed by atoms with Gasteiger partial charge in [-0.2, -0.15) is 0 Å². The van der Waals surface area contributed by atoms with Crippen LogP contribution in [0.5, 0.6) is 0 Å². The quantitative estimate of drug-likeness (QED) is 0.788. The van der Waals surface area contributed by atoms with E-state index < -0.39 is 0 Å². The molecule has 1 saturated carbocycles. The van der Waals surface area contributed by atoms with Gasteiger partial charge in [0.15, 0.2) is 5.17 Å². The van der Waals surface area contributed by atoms with Gasteiger partial charge in [0.25, 0.3) is 0 Å². The van der Waals surface area contributed by atoms with Crippen molar-refractivity contribution in [2.45, 2.75) is 32.1 Å². The lowest BCUT2D eigenvalue weighted by Crippen LogP contribution is -2.49. The standard InChI is InChI=1S/C13H23N3OS/c1-2-4-13(5-3-1)10-14-12(18-11-13)15-16-6-8-17-9-7-16/h1-11H2,(H,14,15). The van der Waals surface area contributed by atoms with Crippen molar-refractivity contribution < 1.29 is 4.74 Å². The Hall–Kier alpha value is -0.260.